The summed E-state index contributed by atoms with van der Waals surface area (Å²) in [6, 6.07) is 0. The van der Waals surface area contributed by atoms with Gasteiger partial charge in [0.05, 0.1) is 33.3 Å². The van der Waals surface area contributed by atoms with Crippen LogP contribution in [0, 0.1) is 13.8 Å². The lowest BCUT2D eigenvalue weighted by atomic mass is 10.0. The molecule has 0 saturated carbocycles. The van der Waals surface area contributed by atoms with Crippen LogP contribution in [0.3, 0.4) is 0 Å². The predicted molar refractivity (Wildman–Crippen MR) is 139 cm³/mol. The topological polar surface area (TPSA) is 55.2 Å². The standard InChI is InChI=1S/C22H24N2O2S3Si2/c1-9-23-21-17(28-9)20-15(29-21)12-11(8-25)18-13(14(26-3)19(12)30(20,4)5)16-22(31(18,6)7)24-10(2)27-16/h25H,8H2,1-7H3. The zero-order valence-electron chi connectivity index (χ0n) is 18.7. The maximum Gasteiger partial charge on any atom is 0.138 e. The van der Waals surface area contributed by atoms with Gasteiger partial charge in [0.15, 0.2) is 0 Å². The third-order valence-electron chi connectivity index (χ3n) is 6.93. The van der Waals surface area contributed by atoms with Crippen molar-refractivity contribution >= 4 is 80.6 Å². The summed E-state index contributed by atoms with van der Waals surface area (Å²) < 4.78 is 7.61. The largest absolute Gasteiger partial charge is 0.496 e. The van der Waals surface area contributed by atoms with Crippen LogP contribution in [0.25, 0.3) is 30.4 Å². The number of aliphatic hydroxyl groups excluding tert-OH is 1. The Hall–Kier alpha value is -1.37. The van der Waals surface area contributed by atoms with Crippen molar-refractivity contribution in [1.82, 2.24) is 9.97 Å². The first-order valence-corrected chi connectivity index (χ1v) is 18.9. The van der Waals surface area contributed by atoms with Crippen LogP contribution < -0.4 is 25.6 Å². The molecule has 1 N–H and O–H groups in total. The molecule has 9 heteroatoms. The second-order valence-electron chi connectivity index (χ2n) is 9.50. The molecule has 0 atom stereocenters. The number of aliphatic hydroxyl groups is 1. The summed E-state index contributed by atoms with van der Waals surface area (Å²) in [6.07, 6.45) is 0. The number of benzene rings is 1. The fourth-order valence-corrected chi connectivity index (χ4v) is 18.5. The lowest BCUT2D eigenvalue weighted by molar-refractivity contribution is 0.283. The molecule has 0 radical (unpaired) electrons. The van der Waals surface area contributed by atoms with E-state index in [0.717, 1.165) is 26.2 Å². The molecule has 0 bridgehead atoms. The molecule has 5 heterocycles. The molecule has 0 fully saturated rings. The zero-order valence-corrected chi connectivity index (χ0v) is 23.1. The highest BCUT2D eigenvalue weighted by Gasteiger charge is 2.52. The lowest BCUT2D eigenvalue weighted by Gasteiger charge is -2.27. The molecule has 0 amide bonds. The third-order valence-corrected chi connectivity index (χ3v) is 17.5. The average molecular weight is 501 g/mol. The number of rotatable bonds is 2. The number of thiophene rings is 1. The fourth-order valence-electron chi connectivity index (χ4n) is 5.79. The van der Waals surface area contributed by atoms with Crippen LogP contribution in [-0.2, 0) is 6.61 Å². The van der Waals surface area contributed by atoms with E-state index in [0.29, 0.717) is 0 Å². The normalized spacial score (nSPS) is 17.0. The van der Waals surface area contributed by atoms with Crippen molar-refractivity contribution in [3.8, 4) is 26.6 Å². The molecule has 2 aliphatic heterocycles. The van der Waals surface area contributed by atoms with Crippen LogP contribution >= 0.6 is 34.0 Å². The van der Waals surface area contributed by atoms with Gasteiger partial charge in [-0.05, 0) is 35.0 Å². The van der Waals surface area contributed by atoms with Crippen LogP contribution in [0.4, 0.5) is 0 Å². The van der Waals surface area contributed by atoms with Crippen molar-refractivity contribution in [2.24, 2.45) is 0 Å². The maximum absolute atomic E-state index is 10.8. The van der Waals surface area contributed by atoms with E-state index in [1.165, 1.54) is 46.5 Å². The molecule has 0 unspecified atom stereocenters. The van der Waals surface area contributed by atoms with Gasteiger partial charge < -0.3 is 9.84 Å². The van der Waals surface area contributed by atoms with Crippen molar-refractivity contribution in [2.75, 3.05) is 7.11 Å². The molecule has 4 aromatic rings. The summed E-state index contributed by atoms with van der Waals surface area (Å²) in [4.78, 5) is 13.5. The van der Waals surface area contributed by atoms with E-state index < -0.39 is 16.1 Å². The number of fused-ring (bicyclic) bond motifs is 8. The number of methoxy groups -OCH3 is 1. The number of aromatic nitrogens is 2. The molecule has 0 aliphatic carbocycles. The highest BCUT2D eigenvalue weighted by molar-refractivity contribution is 7.34. The number of aryl methyl sites for hydroxylation is 2. The number of ether oxygens (including phenoxy) is 1. The van der Waals surface area contributed by atoms with Crippen LogP contribution in [0.1, 0.15) is 15.6 Å². The number of nitrogens with zero attached hydrogens (tertiary/aromatic N) is 2. The molecule has 2 aliphatic rings. The van der Waals surface area contributed by atoms with E-state index in [9.17, 15) is 5.11 Å². The Labute approximate surface area is 195 Å². The number of thiazole rings is 2. The maximum atomic E-state index is 10.8. The van der Waals surface area contributed by atoms with Crippen molar-refractivity contribution < 1.29 is 9.84 Å². The van der Waals surface area contributed by atoms with E-state index in [1.54, 1.807) is 22.7 Å². The van der Waals surface area contributed by atoms with Gasteiger partial charge in [0, 0.05) is 21.3 Å². The van der Waals surface area contributed by atoms with Crippen LogP contribution in [0.2, 0.25) is 26.2 Å². The van der Waals surface area contributed by atoms with Crippen molar-refractivity contribution in [1.29, 1.82) is 0 Å². The van der Waals surface area contributed by atoms with Crippen molar-refractivity contribution in [3.05, 3.63) is 15.6 Å². The second kappa shape index (κ2) is 6.15. The highest BCUT2D eigenvalue weighted by atomic mass is 32.1. The van der Waals surface area contributed by atoms with Gasteiger partial charge in [0.1, 0.15) is 26.7 Å². The Bertz CT molecular complexity index is 1450. The second-order valence-corrected chi connectivity index (χ2v) is 21.4. The first-order valence-electron chi connectivity index (χ1n) is 10.4. The Morgan fingerprint density at radius 3 is 2.23 bits per heavy atom. The smallest absolute Gasteiger partial charge is 0.138 e. The molecule has 1 aromatic carbocycles. The van der Waals surface area contributed by atoms with Crippen molar-refractivity contribution in [3.63, 3.8) is 0 Å². The van der Waals surface area contributed by atoms with E-state index >= 15 is 0 Å². The molecule has 0 spiro atoms. The van der Waals surface area contributed by atoms with Gasteiger partial charge in [-0.1, -0.05) is 26.2 Å². The summed E-state index contributed by atoms with van der Waals surface area (Å²) in [5.74, 6) is 1.04. The molecule has 31 heavy (non-hydrogen) atoms. The highest BCUT2D eigenvalue weighted by Crippen LogP contribution is 2.48. The van der Waals surface area contributed by atoms with Crippen LogP contribution in [0.5, 0.6) is 5.75 Å². The Morgan fingerprint density at radius 1 is 0.839 bits per heavy atom. The van der Waals surface area contributed by atoms with E-state index in [1.807, 2.05) is 18.4 Å². The SMILES string of the molecule is COc1c2c(c(CO)c3c1[Si](C)(C)c1c-3sc3nc(C)sc13)[Si](C)(C)c1nc(C)sc1-2. The summed E-state index contributed by atoms with van der Waals surface area (Å²) in [7, 11) is -2.28. The number of hydrogen-bond donors (Lipinski definition) is 1. The summed E-state index contributed by atoms with van der Waals surface area (Å²) in [5, 5.41) is 18.4. The van der Waals surface area contributed by atoms with E-state index in [-0.39, 0.29) is 6.61 Å². The monoisotopic (exact) mass is 500 g/mol. The molecule has 0 saturated heterocycles. The fraction of sp³-hybridized carbons (Fsp3) is 0.364. The summed E-state index contributed by atoms with van der Waals surface area (Å²) in [6.45, 7) is 13.9. The van der Waals surface area contributed by atoms with Gasteiger partial charge in [-0.15, -0.1) is 34.0 Å². The molecule has 160 valence electrons. The van der Waals surface area contributed by atoms with Crippen LogP contribution in [0.15, 0.2) is 0 Å². The molecular formula is C22H24N2O2S3Si2. The van der Waals surface area contributed by atoms with Gasteiger partial charge >= 0.3 is 0 Å². The molecule has 3 aromatic heterocycles. The third kappa shape index (κ3) is 2.27. The minimum atomic E-state index is -2.05. The zero-order chi connectivity index (χ0) is 22.0. The molecular weight excluding hydrogens is 477 g/mol. The van der Waals surface area contributed by atoms with Gasteiger partial charge in [0.2, 0.25) is 0 Å². The van der Waals surface area contributed by atoms with Crippen LogP contribution in [-0.4, -0.2) is 38.3 Å². The Morgan fingerprint density at radius 2 is 1.55 bits per heavy atom. The average Bonchev–Trinajstić information content (AvgIpc) is 3.43. The van der Waals surface area contributed by atoms with Crippen molar-refractivity contribution in [2.45, 2.75) is 46.6 Å². The van der Waals surface area contributed by atoms with Gasteiger partial charge in [-0.2, -0.15) is 0 Å². The molecule has 4 nitrogen and oxygen atoms in total. The first-order chi connectivity index (χ1) is 14.6. The first kappa shape index (κ1) is 20.3. The minimum Gasteiger partial charge on any atom is -0.496 e. The van der Waals surface area contributed by atoms with Gasteiger partial charge in [-0.25, -0.2) is 4.98 Å². The predicted octanol–water partition coefficient (Wildman–Crippen LogP) is 3.54. The van der Waals surface area contributed by atoms with E-state index in [4.69, 9.17) is 14.7 Å². The summed E-state index contributed by atoms with van der Waals surface area (Å²) >= 11 is 5.40. The molecule has 6 rings (SSSR count). The van der Waals surface area contributed by atoms with Gasteiger partial charge in [-0.3, -0.25) is 4.98 Å². The number of hydrogen-bond acceptors (Lipinski definition) is 7. The van der Waals surface area contributed by atoms with E-state index in [2.05, 4.69) is 40.0 Å². The Balaban J connectivity index is 1.82. The lowest BCUT2D eigenvalue weighted by Crippen LogP contribution is -2.54. The van der Waals surface area contributed by atoms with Gasteiger partial charge in [0.25, 0.3) is 0 Å². The Kier molecular flexibility index (Phi) is 4.02. The summed E-state index contributed by atoms with van der Waals surface area (Å²) in [5.41, 5.74) is 3.61. The quantitative estimate of drug-likeness (QED) is 0.428. The minimum absolute atomic E-state index is 0.0565.